The maximum atomic E-state index is 11.9. The Balaban J connectivity index is 2.59. The van der Waals surface area contributed by atoms with Crippen LogP contribution in [-0.2, 0) is 9.59 Å². The van der Waals surface area contributed by atoms with Crippen molar-refractivity contribution in [1.82, 2.24) is 4.90 Å². The number of hydrogen-bond acceptors (Lipinski definition) is 3. The lowest BCUT2D eigenvalue weighted by molar-refractivity contribution is -0.138. The number of anilines is 1. The molecule has 0 bridgehead atoms. The minimum Gasteiger partial charge on any atom is -0.335 e. The van der Waals surface area contributed by atoms with Crippen LogP contribution in [0.1, 0.15) is 13.8 Å². The number of nitrogens with zero attached hydrogens (tertiary/aromatic N) is 2. The molecule has 0 unspecified atom stereocenters. The highest BCUT2D eigenvalue weighted by Gasteiger charge is 2.31. The molecule has 100 valence electrons. The third-order valence-corrected chi connectivity index (χ3v) is 2.60. The Labute approximate surface area is 112 Å². The molecule has 0 fully saturated rings. The zero-order valence-corrected chi connectivity index (χ0v) is 11.3. The molecule has 0 aliphatic carbocycles. The van der Waals surface area contributed by atoms with E-state index in [1.807, 2.05) is 24.3 Å². The van der Waals surface area contributed by atoms with Crippen molar-refractivity contribution < 1.29 is 9.59 Å². The van der Waals surface area contributed by atoms with Crippen LogP contribution in [-0.4, -0.2) is 30.3 Å². The van der Waals surface area contributed by atoms with E-state index in [1.165, 1.54) is 25.8 Å². The molecule has 0 atom stereocenters. The van der Waals surface area contributed by atoms with Crippen LogP contribution in [0.4, 0.5) is 5.69 Å². The monoisotopic (exact) mass is 259 g/mol. The number of nitrogens with one attached hydrogen (secondary N) is 1. The first-order valence-corrected chi connectivity index (χ1v) is 5.88. The average molecular weight is 259 g/mol. The van der Waals surface area contributed by atoms with Gasteiger partial charge in [0.1, 0.15) is 5.41 Å². The Morgan fingerprint density at radius 3 is 2.42 bits per heavy atom. The van der Waals surface area contributed by atoms with Gasteiger partial charge in [0.05, 0.1) is 12.6 Å². The van der Waals surface area contributed by atoms with Crippen LogP contribution in [0, 0.1) is 16.7 Å². The van der Waals surface area contributed by atoms with Gasteiger partial charge in [-0.3, -0.25) is 9.59 Å². The zero-order chi connectivity index (χ0) is 14.5. The van der Waals surface area contributed by atoms with Gasteiger partial charge >= 0.3 is 0 Å². The van der Waals surface area contributed by atoms with E-state index in [1.54, 1.807) is 12.1 Å². The van der Waals surface area contributed by atoms with E-state index in [9.17, 15) is 9.59 Å². The van der Waals surface area contributed by atoms with Gasteiger partial charge in [-0.05, 0) is 26.0 Å². The summed E-state index contributed by atoms with van der Waals surface area (Å²) in [5.41, 5.74) is -0.449. The molecular weight excluding hydrogens is 242 g/mol. The number of hydrogen-bond donors (Lipinski definition) is 1. The number of rotatable bonds is 4. The molecule has 1 rings (SSSR count). The maximum Gasteiger partial charge on any atom is 0.243 e. The van der Waals surface area contributed by atoms with Crippen LogP contribution >= 0.6 is 0 Å². The van der Waals surface area contributed by atoms with Crippen molar-refractivity contribution in [2.75, 3.05) is 18.9 Å². The van der Waals surface area contributed by atoms with E-state index >= 15 is 0 Å². The number of likely N-dealkylation sites (N-methyl/N-ethyl adjacent to an activating group) is 1. The third kappa shape index (κ3) is 4.11. The van der Waals surface area contributed by atoms with E-state index in [0.717, 1.165) is 0 Å². The van der Waals surface area contributed by atoms with Gasteiger partial charge in [-0.25, -0.2) is 0 Å². The number of carbonyl (C=O) groups is 2. The molecule has 0 aromatic heterocycles. The minimum atomic E-state index is -1.12. The summed E-state index contributed by atoms with van der Waals surface area (Å²) in [6.45, 7) is 2.97. The summed E-state index contributed by atoms with van der Waals surface area (Å²) in [6, 6.07) is 10.9. The van der Waals surface area contributed by atoms with Crippen molar-refractivity contribution in [3.05, 3.63) is 30.3 Å². The lowest BCUT2D eigenvalue weighted by Crippen LogP contribution is -2.41. The molecule has 2 amide bonds. The molecule has 5 heteroatoms. The summed E-state index contributed by atoms with van der Waals surface area (Å²) in [5.74, 6) is -0.672. The molecule has 0 heterocycles. The van der Waals surface area contributed by atoms with Crippen LogP contribution in [0.5, 0.6) is 0 Å². The van der Waals surface area contributed by atoms with Gasteiger partial charge in [0.2, 0.25) is 11.8 Å². The van der Waals surface area contributed by atoms with Crippen molar-refractivity contribution in [2.24, 2.45) is 5.41 Å². The SMILES string of the molecule is CN(CC(=O)Nc1ccccc1)C(=O)C(C)(C)C#N. The Bertz CT molecular complexity index is 503. The second-order valence-electron chi connectivity index (χ2n) is 4.81. The highest BCUT2D eigenvalue weighted by atomic mass is 16.2. The molecule has 5 nitrogen and oxygen atoms in total. The van der Waals surface area contributed by atoms with Crippen molar-refractivity contribution in [3.8, 4) is 6.07 Å². The van der Waals surface area contributed by atoms with Gasteiger partial charge in [-0.2, -0.15) is 5.26 Å². The summed E-state index contributed by atoms with van der Waals surface area (Å²) in [5, 5.41) is 11.6. The van der Waals surface area contributed by atoms with Crippen molar-refractivity contribution in [3.63, 3.8) is 0 Å². The molecule has 1 aromatic carbocycles. The minimum absolute atomic E-state index is 0.0845. The fourth-order valence-electron chi connectivity index (χ4n) is 1.53. The molecule has 0 aliphatic rings. The second-order valence-corrected chi connectivity index (χ2v) is 4.81. The predicted molar refractivity (Wildman–Crippen MR) is 72.1 cm³/mol. The van der Waals surface area contributed by atoms with E-state index in [-0.39, 0.29) is 18.4 Å². The normalized spacial score (nSPS) is 10.4. The van der Waals surface area contributed by atoms with Crippen LogP contribution in [0.25, 0.3) is 0 Å². The molecule has 0 saturated heterocycles. The van der Waals surface area contributed by atoms with Crippen LogP contribution < -0.4 is 5.32 Å². The van der Waals surface area contributed by atoms with Gasteiger partial charge in [0.25, 0.3) is 0 Å². The second kappa shape index (κ2) is 6.01. The van der Waals surface area contributed by atoms with Crippen LogP contribution in [0.3, 0.4) is 0 Å². The van der Waals surface area contributed by atoms with Crippen molar-refractivity contribution in [1.29, 1.82) is 5.26 Å². The largest absolute Gasteiger partial charge is 0.335 e. The van der Waals surface area contributed by atoms with Crippen molar-refractivity contribution in [2.45, 2.75) is 13.8 Å². The Kier molecular flexibility index (Phi) is 4.65. The molecule has 1 N–H and O–H groups in total. The lowest BCUT2D eigenvalue weighted by atomic mass is 9.94. The van der Waals surface area contributed by atoms with Crippen LogP contribution in [0.15, 0.2) is 30.3 Å². The molecule has 1 aromatic rings. The molecule has 0 aliphatic heterocycles. The first kappa shape index (κ1) is 14.7. The fraction of sp³-hybridized carbons (Fsp3) is 0.357. The number of amides is 2. The number of carbonyl (C=O) groups excluding carboxylic acids is 2. The average Bonchev–Trinajstić information content (AvgIpc) is 2.38. The lowest BCUT2D eigenvalue weighted by Gasteiger charge is -2.23. The van der Waals surface area contributed by atoms with Crippen LogP contribution in [0.2, 0.25) is 0 Å². The summed E-state index contributed by atoms with van der Waals surface area (Å²) < 4.78 is 0. The van der Waals surface area contributed by atoms with Gasteiger partial charge in [-0.15, -0.1) is 0 Å². The van der Waals surface area contributed by atoms with Gasteiger partial charge in [0, 0.05) is 12.7 Å². The predicted octanol–water partition coefficient (Wildman–Crippen LogP) is 1.63. The fourth-order valence-corrected chi connectivity index (χ4v) is 1.53. The Hall–Kier alpha value is -2.35. The molecule has 0 radical (unpaired) electrons. The summed E-state index contributed by atoms with van der Waals surface area (Å²) in [7, 11) is 1.51. The van der Waals surface area contributed by atoms with Gasteiger partial charge < -0.3 is 10.2 Å². The molecule has 0 spiro atoms. The molecular formula is C14H17N3O2. The smallest absolute Gasteiger partial charge is 0.243 e. The Morgan fingerprint density at radius 1 is 1.32 bits per heavy atom. The van der Waals surface area contributed by atoms with E-state index < -0.39 is 5.41 Å². The van der Waals surface area contributed by atoms with Gasteiger partial charge in [-0.1, -0.05) is 18.2 Å². The molecule has 0 saturated carbocycles. The summed E-state index contributed by atoms with van der Waals surface area (Å²) >= 11 is 0. The number of para-hydroxylation sites is 1. The molecule has 19 heavy (non-hydrogen) atoms. The Morgan fingerprint density at radius 2 is 1.89 bits per heavy atom. The summed E-state index contributed by atoms with van der Waals surface area (Å²) in [4.78, 5) is 24.9. The highest BCUT2D eigenvalue weighted by molar-refractivity contribution is 5.95. The zero-order valence-electron chi connectivity index (χ0n) is 11.3. The topological polar surface area (TPSA) is 73.2 Å². The maximum absolute atomic E-state index is 11.9. The highest BCUT2D eigenvalue weighted by Crippen LogP contribution is 2.16. The van der Waals surface area contributed by atoms with Gasteiger partial charge in [0.15, 0.2) is 0 Å². The summed E-state index contributed by atoms with van der Waals surface area (Å²) in [6.07, 6.45) is 0. The first-order valence-electron chi connectivity index (χ1n) is 5.88. The number of benzene rings is 1. The number of nitriles is 1. The van der Waals surface area contributed by atoms with E-state index in [2.05, 4.69) is 5.32 Å². The first-order chi connectivity index (χ1) is 8.86. The van der Waals surface area contributed by atoms with Crippen molar-refractivity contribution >= 4 is 17.5 Å². The van der Waals surface area contributed by atoms with E-state index in [4.69, 9.17) is 5.26 Å². The standard InChI is InChI=1S/C14H17N3O2/c1-14(2,10-15)13(19)17(3)9-12(18)16-11-7-5-4-6-8-11/h4-8H,9H2,1-3H3,(H,16,18). The van der Waals surface area contributed by atoms with E-state index in [0.29, 0.717) is 5.69 Å². The third-order valence-electron chi connectivity index (χ3n) is 2.60. The quantitative estimate of drug-likeness (QED) is 0.893.